The van der Waals surface area contributed by atoms with Crippen LogP contribution in [0.1, 0.15) is 42.4 Å². The molecule has 0 aromatic heterocycles. The Labute approximate surface area is 223 Å². The molecule has 1 fully saturated rings. The van der Waals surface area contributed by atoms with Crippen LogP contribution in [0, 0.1) is 18.7 Å². The molecule has 0 N–H and O–H groups in total. The molecular formula is C29H32ClFN2O3S. The van der Waals surface area contributed by atoms with E-state index in [0.29, 0.717) is 6.54 Å². The molecule has 0 aliphatic heterocycles. The number of benzene rings is 3. The highest BCUT2D eigenvalue weighted by molar-refractivity contribution is 7.89. The maximum Gasteiger partial charge on any atom is 0.246 e. The highest BCUT2D eigenvalue weighted by Gasteiger charge is 2.33. The van der Waals surface area contributed by atoms with E-state index in [0.717, 1.165) is 43.2 Å². The topological polar surface area (TPSA) is 57.7 Å². The Balaban J connectivity index is 1.47. The molecule has 1 saturated carbocycles. The van der Waals surface area contributed by atoms with Crippen molar-refractivity contribution in [2.45, 2.75) is 56.6 Å². The molecule has 37 heavy (non-hydrogen) atoms. The minimum absolute atomic E-state index is 0.102. The fourth-order valence-electron chi connectivity index (χ4n) is 4.96. The zero-order valence-electron chi connectivity index (χ0n) is 20.9. The zero-order valence-corrected chi connectivity index (χ0v) is 22.5. The molecule has 196 valence electrons. The number of aryl methyl sites for hydroxylation is 1. The average Bonchev–Trinajstić information content (AvgIpc) is 2.90. The van der Waals surface area contributed by atoms with Gasteiger partial charge in [0.25, 0.3) is 0 Å². The van der Waals surface area contributed by atoms with Crippen molar-refractivity contribution in [1.29, 1.82) is 0 Å². The van der Waals surface area contributed by atoms with Crippen LogP contribution in [-0.4, -0.2) is 36.6 Å². The smallest absolute Gasteiger partial charge is 0.246 e. The Bertz CT molecular complexity index is 1290. The van der Waals surface area contributed by atoms with Gasteiger partial charge in [0.1, 0.15) is 4.90 Å². The summed E-state index contributed by atoms with van der Waals surface area (Å²) in [5.74, 6) is -0.825. The summed E-state index contributed by atoms with van der Waals surface area (Å²) in [6.07, 6.45) is 4.06. The molecule has 8 heteroatoms. The van der Waals surface area contributed by atoms with E-state index in [1.54, 1.807) is 0 Å². The van der Waals surface area contributed by atoms with Crippen LogP contribution < -0.4 is 0 Å². The molecule has 3 aromatic rings. The number of amides is 1. The standard InChI is InChI=1S/C29H32ClFN2O3S/c1-22-10-12-24(13-11-22)18-32(21-34)26-16-14-25(15-17-26)20-33(19-23-6-3-2-4-7-23)37(35,36)28-9-5-8-27(30)29(28)31/h2-13,21,25-26H,14-20H2,1H3. The van der Waals surface area contributed by atoms with Crippen LogP contribution in [0.5, 0.6) is 0 Å². The van der Waals surface area contributed by atoms with Gasteiger partial charge >= 0.3 is 0 Å². The maximum absolute atomic E-state index is 14.8. The van der Waals surface area contributed by atoms with Gasteiger partial charge in [-0.15, -0.1) is 0 Å². The van der Waals surface area contributed by atoms with Gasteiger partial charge in [-0.3, -0.25) is 4.79 Å². The van der Waals surface area contributed by atoms with Gasteiger partial charge in [0.2, 0.25) is 16.4 Å². The summed E-state index contributed by atoms with van der Waals surface area (Å²) in [6, 6.07) is 21.6. The first-order valence-corrected chi connectivity index (χ1v) is 14.3. The molecule has 0 spiro atoms. The van der Waals surface area contributed by atoms with E-state index >= 15 is 0 Å². The van der Waals surface area contributed by atoms with Crippen LogP contribution in [0.15, 0.2) is 77.7 Å². The number of carbonyl (C=O) groups is 1. The SMILES string of the molecule is Cc1ccc(CN(C=O)C2CCC(CN(Cc3ccccc3)S(=O)(=O)c3cccc(Cl)c3F)CC2)cc1. The number of carbonyl (C=O) groups excluding carboxylic acids is 1. The monoisotopic (exact) mass is 542 g/mol. The van der Waals surface area contributed by atoms with Crippen molar-refractivity contribution in [3.05, 3.63) is 100 Å². The van der Waals surface area contributed by atoms with Crippen molar-refractivity contribution in [3.8, 4) is 0 Å². The second-order valence-electron chi connectivity index (χ2n) is 9.77. The summed E-state index contributed by atoms with van der Waals surface area (Å²) in [6.45, 7) is 3.00. The molecule has 0 atom stereocenters. The quantitative estimate of drug-likeness (QED) is 0.287. The minimum Gasteiger partial charge on any atom is -0.338 e. The molecular weight excluding hydrogens is 511 g/mol. The lowest BCUT2D eigenvalue weighted by atomic mass is 9.85. The van der Waals surface area contributed by atoms with Gasteiger partial charge in [0.05, 0.1) is 5.02 Å². The highest BCUT2D eigenvalue weighted by atomic mass is 35.5. The van der Waals surface area contributed by atoms with E-state index in [1.165, 1.54) is 28.1 Å². The predicted octanol–water partition coefficient (Wildman–Crippen LogP) is 6.20. The Morgan fingerprint density at radius 3 is 2.19 bits per heavy atom. The molecule has 0 heterocycles. The highest BCUT2D eigenvalue weighted by Crippen LogP contribution is 2.32. The van der Waals surface area contributed by atoms with E-state index in [4.69, 9.17) is 11.6 Å². The fraction of sp³-hybridized carbons (Fsp3) is 0.345. The van der Waals surface area contributed by atoms with Crippen molar-refractivity contribution in [1.82, 2.24) is 9.21 Å². The summed E-state index contributed by atoms with van der Waals surface area (Å²) in [5.41, 5.74) is 3.09. The molecule has 0 saturated heterocycles. The molecule has 0 radical (unpaired) electrons. The Kier molecular flexibility index (Phi) is 9.00. The van der Waals surface area contributed by atoms with E-state index in [2.05, 4.69) is 0 Å². The van der Waals surface area contributed by atoms with Crippen LogP contribution in [0.3, 0.4) is 0 Å². The second-order valence-corrected chi connectivity index (χ2v) is 12.1. The summed E-state index contributed by atoms with van der Waals surface area (Å²) >= 11 is 5.91. The van der Waals surface area contributed by atoms with Crippen molar-refractivity contribution in [2.24, 2.45) is 5.92 Å². The summed E-state index contributed by atoms with van der Waals surface area (Å²) < 4.78 is 43.4. The van der Waals surface area contributed by atoms with Gasteiger partial charge in [-0.05, 0) is 61.8 Å². The third kappa shape index (κ3) is 6.78. The van der Waals surface area contributed by atoms with E-state index in [9.17, 15) is 17.6 Å². The molecule has 5 nitrogen and oxygen atoms in total. The van der Waals surface area contributed by atoms with Crippen molar-refractivity contribution >= 4 is 28.0 Å². The molecule has 1 aliphatic carbocycles. The van der Waals surface area contributed by atoms with Crippen LogP contribution in [0.4, 0.5) is 4.39 Å². The predicted molar refractivity (Wildman–Crippen MR) is 144 cm³/mol. The molecule has 1 aliphatic rings. The van der Waals surface area contributed by atoms with Crippen molar-refractivity contribution < 1.29 is 17.6 Å². The maximum atomic E-state index is 14.8. The van der Waals surface area contributed by atoms with Crippen molar-refractivity contribution in [3.63, 3.8) is 0 Å². The van der Waals surface area contributed by atoms with Crippen LogP contribution in [-0.2, 0) is 27.9 Å². The van der Waals surface area contributed by atoms with Crippen LogP contribution >= 0.6 is 11.6 Å². The van der Waals surface area contributed by atoms with Gasteiger partial charge < -0.3 is 4.90 Å². The lowest BCUT2D eigenvalue weighted by molar-refractivity contribution is -0.121. The normalized spacial score (nSPS) is 18.1. The first kappa shape index (κ1) is 27.3. The summed E-state index contributed by atoms with van der Waals surface area (Å²) in [7, 11) is -4.12. The van der Waals surface area contributed by atoms with E-state index in [-0.39, 0.29) is 30.1 Å². The second kappa shape index (κ2) is 12.2. The summed E-state index contributed by atoms with van der Waals surface area (Å²) in [5, 5.41) is -0.219. The number of hydrogen-bond donors (Lipinski definition) is 0. The number of hydrogen-bond acceptors (Lipinski definition) is 3. The first-order chi connectivity index (χ1) is 17.8. The lowest BCUT2D eigenvalue weighted by Gasteiger charge is -2.36. The van der Waals surface area contributed by atoms with E-state index < -0.39 is 20.7 Å². The molecule has 0 unspecified atom stereocenters. The van der Waals surface area contributed by atoms with Crippen LogP contribution in [0.25, 0.3) is 0 Å². The van der Waals surface area contributed by atoms with Gasteiger partial charge in [0, 0.05) is 25.7 Å². The number of nitrogens with zero attached hydrogens (tertiary/aromatic N) is 2. The molecule has 4 rings (SSSR count). The number of sulfonamides is 1. The summed E-state index contributed by atoms with van der Waals surface area (Å²) in [4.78, 5) is 13.3. The Morgan fingerprint density at radius 1 is 0.892 bits per heavy atom. The fourth-order valence-corrected chi connectivity index (χ4v) is 6.78. The zero-order chi connectivity index (χ0) is 26.4. The van der Waals surface area contributed by atoms with E-state index in [1.807, 2.05) is 66.4 Å². The van der Waals surface area contributed by atoms with Gasteiger partial charge in [0.15, 0.2) is 5.82 Å². The molecule has 3 aromatic carbocycles. The van der Waals surface area contributed by atoms with Gasteiger partial charge in [-0.2, -0.15) is 4.31 Å². The lowest BCUT2D eigenvalue weighted by Crippen LogP contribution is -2.40. The Morgan fingerprint density at radius 2 is 1.54 bits per heavy atom. The first-order valence-electron chi connectivity index (χ1n) is 12.5. The third-order valence-electron chi connectivity index (χ3n) is 7.10. The Hall–Kier alpha value is -2.74. The van der Waals surface area contributed by atoms with Crippen molar-refractivity contribution in [2.75, 3.05) is 6.54 Å². The third-order valence-corrected chi connectivity index (χ3v) is 9.23. The minimum atomic E-state index is -4.12. The number of rotatable bonds is 10. The van der Waals surface area contributed by atoms with Gasteiger partial charge in [-0.25, -0.2) is 12.8 Å². The average molecular weight is 543 g/mol. The van der Waals surface area contributed by atoms with Gasteiger partial charge in [-0.1, -0.05) is 77.8 Å². The molecule has 1 amide bonds. The largest absolute Gasteiger partial charge is 0.338 e. The number of halogens is 2. The van der Waals surface area contributed by atoms with Crippen LogP contribution in [0.2, 0.25) is 5.02 Å². The molecule has 0 bridgehead atoms.